The second-order valence-corrected chi connectivity index (χ2v) is 7.13. The standard InChI is InChI=1S/C19H40N2/c1-4-5-6-7-8-9-10-11-12-13-17-20-21-18(2)15-14-16-19(21)3/h18-20H,4-17H2,1-3H3. The van der Waals surface area contributed by atoms with Gasteiger partial charge in [-0.2, -0.15) is 0 Å². The summed E-state index contributed by atoms with van der Waals surface area (Å²) >= 11 is 0. The van der Waals surface area contributed by atoms with Crippen LogP contribution in [0, 0.1) is 0 Å². The number of nitrogens with one attached hydrogen (secondary N) is 1. The fourth-order valence-electron chi connectivity index (χ4n) is 3.55. The fraction of sp³-hybridized carbons (Fsp3) is 1.00. The molecule has 1 saturated heterocycles. The van der Waals surface area contributed by atoms with Crippen LogP contribution >= 0.6 is 0 Å². The summed E-state index contributed by atoms with van der Waals surface area (Å²) < 4.78 is 0. The minimum absolute atomic E-state index is 0.719. The lowest BCUT2D eigenvalue weighted by Crippen LogP contribution is -2.52. The summed E-state index contributed by atoms with van der Waals surface area (Å²) in [6.45, 7) is 8.19. The first kappa shape index (κ1) is 19.0. The smallest absolute Gasteiger partial charge is 0.0218 e. The maximum absolute atomic E-state index is 3.68. The van der Waals surface area contributed by atoms with E-state index in [9.17, 15) is 0 Å². The summed E-state index contributed by atoms with van der Waals surface area (Å²) in [4.78, 5) is 0. The molecule has 0 bridgehead atoms. The van der Waals surface area contributed by atoms with E-state index in [1.54, 1.807) is 0 Å². The van der Waals surface area contributed by atoms with Crippen molar-refractivity contribution in [3.63, 3.8) is 0 Å². The normalized spacial score (nSPS) is 23.6. The van der Waals surface area contributed by atoms with Crippen LogP contribution in [0.5, 0.6) is 0 Å². The molecular formula is C19H40N2. The van der Waals surface area contributed by atoms with Crippen molar-refractivity contribution in [2.45, 2.75) is 116 Å². The Bertz CT molecular complexity index is 220. The second kappa shape index (κ2) is 12.5. The molecule has 2 atom stereocenters. The van der Waals surface area contributed by atoms with Crippen LogP contribution in [0.3, 0.4) is 0 Å². The van der Waals surface area contributed by atoms with Gasteiger partial charge < -0.3 is 0 Å². The van der Waals surface area contributed by atoms with Crippen molar-refractivity contribution in [1.29, 1.82) is 0 Å². The SMILES string of the molecule is CCCCCCCCCCCCNN1C(C)CCCC1C. The number of hydrogen-bond acceptors (Lipinski definition) is 2. The van der Waals surface area contributed by atoms with Gasteiger partial charge >= 0.3 is 0 Å². The first-order valence-electron chi connectivity index (χ1n) is 9.77. The molecule has 0 aromatic heterocycles. The van der Waals surface area contributed by atoms with Crippen molar-refractivity contribution in [2.24, 2.45) is 0 Å². The van der Waals surface area contributed by atoms with Gasteiger partial charge in [-0.15, -0.1) is 0 Å². The highest BCUT2D eigenvalue weighted by Gasteiger charge is 2.23. The topological polar surface area (TPSA) is 15.3 Å². The van der Waals surface area contributed by atoms with E-state index in [2.05, 4.69) is 31.2 Å². The molecule has 0 aliphatic carbocycles. The Hall–Kier alpha value is -0.0800. The maximum atomic E-state index is 3.68. The largest absolute Gasteiger partial charge is 0.255 e. The van der Waals surface area contributed by atoms with Crippen LogP contribution in [0.15, 0.2) is 0 Å². The molecule has 1 heterocycles. The van der Waals surface area contributed by atoms with Gasteiger partial charge in [0.25, 0.3) is 0 Å². The average Bonchev–Trinajstić information content (AvgIpc) is 2.47. The van der Waals surface area contributed by atoms with Gasteiger partial charge in [0.05, 0.1) is 0 Å². The molecule has 21 heavy (non-hydrogen) atoms. The van der Waals surface area contributed by atoms with Crippen LogP contribution in [0.4, 0.5) is 0 Å². The average molecular weight is 297 g/mol. The lowest BCUT2D eigenvalue weighted by atomic mass is 10.00. The lowest BCUT2D eigenvalue weighted by Gasteiger charge is -2.39. The Kier molecular flexibility index (Phi) is 11.3. The highest BCUT2D eigenvalue weighted by Crippen LogP contribution is 2.20. The first-order chi connectivity index (χ1) is 10.3. The predicted octanol–water partition coefficient (Wildman–Crippen LogP) is 5.67. The van der Waals surface area contributed by atoms with E-state index >= 15 is 0 Å². The second-order valence-electron chi connectivity index (χ2n) is 7.13. The van der Waals surface area contributed by atoms with E-state index in [0.29, 0.717) is 0 Å². The Balaban J connectivity index is 1.86. The summed E-state index contributed by atoms with van der Waals surface area (Å²) in [5.74, 6) is 0. The van der Waals surface area contributed by atoms with Gasteiger partial charge in [0.15, 0.2) is 0 Å². The van der Waals surface area contributed by atoms with E-state index in [4.69, 9.17) is 0 Å². The number of hydrogen-bond donors (Lipinski definition) is 1. The molecule has 2 nitrogen and oxygen atoms in total. The van der Waals surface area contributed by atoms with E-state index in [1.165, 1.54) is 90.0 Å². The van der Waals surface area contributed by atoms with Crippen molar-refractivity contribution in [3.8, 4) is 0 Å². The molecule has 1 aliphatic heterocycles. The molecule has 0 aromatic rings. The van der Waals surface area contributed by atoms with Gasteiger partial charge in [-0.3, -0.25) is 5.43 Å². The molecule has 0 radical (unpaired) electrons. The molecule has 2 unspecified atom stereocenters. The molecule has 0 aromatic carbocycles. The summed E-state index contributed by atoms with van der Waals surface area (Å²) in [6, 6.07) is 1.44. The number of nitrogens with zero attached hydrogens (tertiary/aromatic N) is 1. The summed E-state index contributed by atoms with van der Waals surface area (Å²) in [5.41, 5.74) is 3.68. The molecule has 0 amide bonds. The molecule has 1 rings (SSSR count). The minimum Gasteiger partial charge on any atom is -0.255 e. The van der Waals surface area contributed by atoms with Crippen molar-refractivity contribution < 1.29 is 0 Å². The molecule has 1 aliphatic rings. The summed E-state index contributed by atoms with van der Waals surface area (Å²) in [6.07, 6.45) is 18.3. The lowest BCUT2D eigenvalue weighted by molar-refractivity contribution is 0.0459. The van der Waals surface area contributed by atoms with Gasteiger partial charge in [0.1, 0.15) is 0 Å². The van der Waals surface area contributed by atoms with Gasteiger partial charge in [0, 0.05) is 18.6 Å². The van der Waals surface area contributed by atoms with Crippen LogP contribution in [0.25, 0.3) is 0 Å². The zero-order valence-corrected chi connectivity index (χ0v) is 15.0. The maximum Gasteiger partial charge on any atom is 0.0218 e. The summed E-state index contributed by atoms with van der Waals surface area (Å²) in [5, 5.41) is 2.51. The van der Waals surface area contributed by atoms with Crippen LogP contribution in [-0.2, 0) is 0 Å². The van der Waals surface area contributed by atoms with Crippen molar-refractivity contribution in [3.05, 3.63) is 0 Å². The molecule has 1 N–H and O–H groups in total. The number of hydrazine groups is 1. The van der Waals surface area contributed by atoms with Crippen LogP contribution in [-0.4, -0.2) is 23.6 Å². The van der Waals surface area contributed by atoms with Crippen LogP contribution in [0.2, 0.25) is 0 Å². The highest BCUT2D eigenvalue weighted by atomic mass is 15.5. The van der Waals surface area contributed by atoms with E-state index in [-0.39, 0.29) is 0 Å². The Morgan fingerprint density at radius 2 is 1.24 bits per heavy atom. The third kappa shape index (κ3) is 8.83. The van der Waals surface area contributed by atoms with Gasteiger partial charge in [-0.05, 0) is 33.1 Å². The van der Waals surface area contributed by atoms with Crippen molar-refractivity contribution >= 4 is 0 Å². The fourth-order valence-corrected chi connectivity index (χ4v) is 3.55. The molecule has 126 valence electrons. The third-order valence-corrected chi connectivity index (χ3v) is 5.02. The number of rotatable bonds is 12. The first-order valence-corrected chi connectivity index (χ1v) is 9.77. The zero-order valence-electron chi connectivity index (χ0n) is 15.0. The van der Waals surface area contributed by atoms with Crippen LogP contribution in [0.1, 0.15) is 104 Å². The highest BCUT2D eigenvalue weighted by molar-refractivity contribution is 4.76. The Morgan fingerprint density at radius 3 is 1.76 bits per heavy atom. The van der Waals surface area contributed by atoms with E-state index in [1.807, 2.05) is 0 Å². The molecular weight excluding hydrogens is 256 g/mol. The predicted molar refractivity (Wildman–Crippen MR) is 94.5 cm³/mol. The quantitative estimate of drug-likeness (QED) is 0.466. The minimum atomic E-state index is 0.719. The summed E-state index contributed by atoms with van der Waals surface area (Å²) in [7, 11) is 0. The van der Waals surface area contributed by atoms with Crippen LogP contribution < -0.4 is 5.43 Å². The number of unbranched alkanes of at least 4 members (excludes halogenated alkanes) is 9. The molecule has 0 saturated carbocycles. The van der Waals surface area contributed by atoms with Gasteiger partial charge in [0.2, 0.25) is 0 Å². The molecule has 0 spiro atoms. The van der Waals surface area contributed by atoms with Gasteiger partial charge in [-0.25, -0.2) is 5.01 Å². The van der Waals surface area contributed by atoms with Gasteiger partial charge in [-0.1, -0.05) is 71.1 Å². The monoisotopic (exact) mass is 296 g/mol. The van der Waals surface area contributed by atoms with Crippen molar-refractivity contribution in [2.75, 3.05) is 6.54 Å². The van der Waals surface area contributed by atoms with Crippen molar-refractivity contribution in [1.82, 2.24) is 10.4 Å². The van der Waals surface area contributed by atoms with E-state index in [0.717, 1.165) is 12.1 Å². The number of piperidine rings is 1. The third-order valence-electron chi connectivity index (χ3n) is 5.02. The van der Waals surface area contributed by atoms with E-state index < -0.39 is 0 Å². The Morgan fingerprint density at radius 1 is 0.762 bits per heavy atom. The molecule has 1 fully saturated rings. The zero-order chi connectivity index (χ0) is 15.3. The Labute approximate surface area is 134 Å². The molecule has 2 heteroatoms.